The Kier molecular flexibility index (Phi) is 6.64. The van der Waals surface area contributed by atoms with Crippen molar-refractivity contribution in [2.24, 2.45) is 11.3 Å². The molecule has 2 aliphatic rings. The first kappa shape index (κ1) is 23.8. The van der Waals surface area contributed by atoms with Crippen LogP contribution in [0.25, 0.3) is 11.1 Å². The average Bonchev–Trinajstić information content (AvgIpc) is 3.15. The highest BCUT2D eigenvalue weighted by Gasteiger charge is 2.41. The lowest BCUT2D eigenvalue weighted by Gasteiger charge is -2.41. The molecule has 2 aromatic rings. The number of alkyl carbamates (subject to hydrolysis) is 1. The van der Waals surface area contributed by atoms with Crippen LogP contribution in [-0.2, 0) is 14.3 Å². The van der Waals surface area contributed by atoms with Crippen molar-refractivity contribution in [1.29, 1.82) is 0 Å². The number of carboxylic acids is 1. The second-order valence-electron chi connectivity index (χ2n) is 9.89. The van der Waals surface area contributed by atoms with Crippen LogP contribution in [-0.4, -0.2) is 53.7 Å². The van der Waals surface area contributed by atoms with Crippen LogP contribution in [0, 0.1) is 11.3 Å². The molecule has 2 N–H and O–H groups in total. The zero-order chi connectivity index (χ0) is 24.5. The summed E-state index contributed by atoms with van der Waals surface area (Å²) in [4.78, 5) is 38.9. The largest absolute Gasteiger partial charge is 0.481 e. The average molecular weight is 465 g/mol. The van der Waals surface area contributed by atoms with Crippen molar-refractivity contribution < 1.29 is 24.2 Å². The highest BCUT2D eigenvalue weighted by Crippen LogP contribution is 2.44. The van der Waals surface area contributed by atoms with Gasteiger partial charge in [-0.15, -0.1) is 0 Å². The summed E-state index contributed by atoms with van der Waals surface area (Å²) in [5.74, 6) is -1.64. The highest BCUT2D eigenvalue weighted by atomic mass is 16.5. The number of nitrogens with zero attached hydrogens (tertiary/aromatic N) is 1. The molecule has 0 saturated carbocycles. The predicted octanol–water partition coefficient (Wildman–Crippen LogP) is 4.26. The van der Waals surface area contributed by atoms with Crippen molar-refractivity contribution in [2.45, 2.75) is 45.6 Å². The van der Waals surface area contributed by atoms with Crippen LogP contribution in [0.5, 0.6) is 0 Å². The van der Waals surface area contributed by atoms with E-state index in [0.717, 1.165) is 22.3 Å². The number of rotatable bonds is 6. The second-order valence-corrected chi connectivity index (χ2v) is 9.89. The monoisotopic (exact) mass is 464 g/mol. The Bertz CT molecular complexity index is 1050. The van der Waals surface area contributed by atoms with Crippen molar-refractivity contribution >= 4 is 18.0 Å². The molecular formula is C27H32N2O5. The van der Waals surface area contributed by atoms with E-state index in [1.807, 2.05) is 24.3 Å². The number of carboxylic acid groups (broad SMARTS) is 1. The molecule has 2 amide bonds. The molecule has 0 radical (unpaired) electrons. The van der Waals surface area contributed by atoms with Gasteiger partial charge >= 0.3 is 12.1 Å². The lowest BCUT2D eigenvalue weighted by atomic mass is 9.85. The summed E-state index contributed by atoms with van der Waals surface area (Å²) in [6, 6.07) is 15.9. The molecule has 7 heteroatoms. The van der Waals surface area contributed by atoms with E-state index in [1.165, 1.54) is 0 Å². The molecule has 34 heavy (non-hydrogen) atoms. The van der Waals surface area contributed by atoms with Gasteiger partial charge in [0, 0.05) is 25.0 Å². The van der Waals surface area contributed by atoms with Gasteiger partial charge in [-0.05, 0) is 55.9 Å². The minimum atomic E-state index is -0.889. The third-order valence-corrected chi connectivity index (χ3v) is 7.16. The van der Waals surface area contributed by atoms with Gasteiger partial charge in [0.2, 0.25) is 5.91 Å². The van der Waals surface area contributed by atoms with E-state index in [0.29, 0.717) is 19.4 Å². The molecule has 1 heterocycles. The number of likely N-dealkylation sites (tertiary alicyclic amines) is 1. The molecule has 180 valence electrons. The Morgan fingerprint density at radius 1 is 1.06 bits per heavy atom. The second kappa shape index (κ2) is 9.49. The van der Waals surface area contributed by atoms with E-state index in [2.05, 4.69) is 29.6 Å². The van der Waals surface area contributed by atoms with Gasteiger partial charge in [0.1, 0.15) is 6.61 Å². The number of fused-ring (bicyclic) bond motifs is 3. The number of benzene rings is 2. The van der Waals surface area contributed by atoms with Crippen LogP contribution in [0.15, 0.2) is 48.5 Å². The van der Waals surface area contributed by atoms with Crippen LogP contribution in [0.3, 0.4) is 0 Å². The van der Waals surface area contributed by atoms with Gasteiger partial charge in [-0.2, -0.15) is 0 Å². The number of hydrogen-bond donors (Lipinski definition) is 2. The van der Waals surface area contributed by atoms with Crippen LogP contribution in [0.4, 0.5) is 4.79 Å². The Morgan fingerprint density at radius 3 is 2.24 bits per heavy atom. The maximum atomic E-state index is 13.2. The maximum Gasteiger partial charge on any atom is 0.407 e. The van der Waals surface area contributed by atoms with Gasteiger partial charge in [0.05, 0.1) is 11.3 Å². The summed E-state index contributed by atoms with van der Waals surface area (Å²) < 4.78 is 5.58. The van der Waals surface area contributed by atoms with Crippen molar-refractivity contribution in [2.75, 3.05) is 19.7 Å². The number of carbonyl (C=O) groups excluding carboxylic acids is 2. The summed E-state index contributed by atoms with van der Waals surface area (Å²) >= 11 is 0. The summed E-state index contributed by atoms with van der Waals surface area (Å²) in [6.07, 6.45) is 0.652. The minimum absolute atomic E-state index is 0.0325. The van der Waals surface area contributed by atoms with Crippen LogP contribution >= 0.6 is 0 Å². The Hall–Kier alpha value is -3.35. The molecule has 2 aromatic carbocycles. The van der Waals surface area contributed by atoms with Crippen LogP contribution in [0.2, 0.25) is 0 Å². The highest BCUT2D eigenvalue weighted by molar-refractivity contribution is 5.84. The number of carbonyl (C=O) groups is 3. The van der Waals surface area contributed by atoms with Crippen LogP contribution in [0.1, 0.15) is 50.7 Å². The lowest BCUT2D eigenvalue weighted by molar-refractivity contribution is -0.152. The maximum absolute atomic E-state index is 13.2. The molecule has 1 saturated heterocycles. The van der Waals surface area contributed by atoms with Crippen molar-refractivity contribution in [3.05, 3.63) is 59.7 Å². The third kappa shape index (κ3) is 4.52. The summed E-state index contributed by atoms with van der Waals surface area (Å²) in [5.41, 5.74) is 3.71. The molecule has 0 spiro atoms. The van der Waals surface area contributed by atoms with E-state index < -0.39 is 23.4 Å². The molecule has 1 aliphatic carbocycles. The molecule has 7 nitrogen and oxygen atoms in total. The number of hydrogen-bond acceptors (Lipinski definition) is 4. The van der Waals surface area contributed by atoms with E-state index in [9.17, 15) is 19.5 Å². The summed E-state index contributed by atoms with van der Waals surface area (Å²) in [6.45, 7) is 6.14. The first-order valence-corrected chi connectivity index (χ1v) is 11.8. The van der Waals surface area contributed by atoms with Crippen molar-refractivity contribution in [1.82, 2.24) is 10.2 Å². The molecule has 4 rings (SSSR count). The molecule has 0 aromatic heterocycles. The molecule has 0 unspecified atom stereocenters. The van der Waals surface area contributed by atoms with Gasteiger partial charge < -0.3 is 20.1 Å². The normalized spacial score (nSPS) is 19.8. The zero-order valence-corrected chi connectivity index (χ0v) is 19.9. The molecular weight excluding hydrogens is 432 g/mol. The van der Waals surface area contributed by atoms with Crippen molar-refractivity contribution in [3.63, 3.8) is 0 Å². The van der Waals surface area contributed by atoms with Gasteiger partial charge in [0.25, 0.3) is 0 Å². The fourth-order valence-corrected chi connectivity index (χ4v) is 5.17. The van der Waals surface area contributed by atoms with E-state index in [4.69, 9.17) is 4.74 Å². The SMILES string of the molecule is C[C@@H]1[C@H](C(=O)O)CCCN1C(=O)C(C)(C)CNC(=O)OCC1c2ccccc2-c2ccccc21. The number of amides is 2. The quantitative estimate of drug-likeness (QED) is 0.666. The first-order valence-electron chi connectivity index (χ1n) is 11.8. The van der Waals surface area contributed by atoms with Crippen LogP contribution < -0.4 is 5.32 Å². The third-order valence-electron chi connectivity index (χ3n) is 7.16. The molecule has 1 fully saturated rings. The fraction of sp³-hybridized carbons (Fsp3) is 0.444. The standard InChI is InChI=1S/C27H32N2O5/c1-17-18(24(30)31)13-8-14-29(17)25(32)27(2,3)16-28-26(33)34-15-23-21-11-6-4-9-19(21)20-10-5-7-12-22(20)23/h4-7,9-12,17-18,23H,8,13-16H2,1-3H3,(H,28,33)(H,30,31)/t17-,18-/m1/s1. The lowest BCUT2D eigenvalue weighted by Crippen LogP contribution is -2.55. The zero-order valence-electron chi connectivity index (χ0n) is 19.9. The molecule has 1 aliphatic heterocycles. The Morgan fingerprint density at radius 2 is 1.65 bits per heavy atom. The Balaban J connectivity index is 1.35. The van der Waals surface area contributed by atoms with E-state index in [1.54, 1.807) is 25.7 Å². The molecule has 0 bridgehead atoms. The smallest absolute Gasteiger partial charge is 0.407 e. The summed E-state index contributed by atoms with van der Waals surface area (Å²) in [7, 11) is 0. The number of piperidine rings is 1. The Labute approximate surface area is 200 Å². The number of ether oxygens (including phenoxy) is 1. The summed E-state index contributed by atoms with van der Waals surface area (Å²) in [5, 5.41) is 12.2. The van der Waals surface area contributed by atoms with E-state index in [-0.39, 0.29) is 31.0 Å². The van der Waals surface area contributed by atoms with Gasteiger partial charge in [-0.25, -0.2) is 4.79 Å². The van der Waals surface area contributed by atoms with Gasteiger partial charge in [0.15, 0.2) is 0 Å². The van der Waals surface area contributed by atoms with Gasteiger partial charge in [-0.1, -0.05) is 48.5 Å². The minimum Gasteiger partial charge on any atom is -0.481 e. The topological polar surface area (TPSA) is 95.9 Å². The van der Waals surface area contributed by atoms with Crippen molar-refractivity contribution in [3.8, 4) is 11.1 Å². The first-order chi connectivity index (χ1) is 16.2. The fourth-order valence-electron chi connectivity index (χ4n) is 5.17. The number of nitrogens with one attached hydrogen (secondary N) is 1. The van der Waals surface area contributed by atoms with Gasteiger partial charge in [-0.3, -0.25) is 9.59 Å². The molecule has 2 atom stereocenters. The number of aliphatic carboxylic acids is 1. The predicted molar refractivity (Wildman–Crippen MR) is 128 cm³/mol. The van der Waals surface area contributed by atoms with E-state index >= 15 is 0 Å².